The molecule has 2 amide bonds. The van der Waals surface area contributed by atoms with Crippen LogP contribution in [0, 0.1) is 13.8 Å². The molecule has 0 aliphatic heterocycles. The van der Waals surface area contributed by atoms with Crippen molar-refractivity contribution in [3.8, 4) is 0 Å². The summed E-state index contributed by atoms with van der Waals surface area (Å²) in [5, 5.41) is 2.95. The van der Waals surface area contributed by atoms with Gasteiger partial charge < -0.3 is 10.2 Å². The summed E-state index contributed by atoms with van der Waals surface area (Å²) < 4.78 is 29.1. The molecule has 0 bridgehead atoms. The molecule has 0 spiro atoms. The van der Waals surface area contributed by atoms with Crippen LogP contribution in [0.15, 0.2) is 77.7 Å². The third kappa shape index (κ3) is 8.19. The number of hydrogen-bond donors (Lipinski definition) is 1. The van der Waals surface area contributed by atoms with E-state index in [1.807, 2.05) is 71.0 Å². The Morgan fingerprint density at radius 1 is 0.854 bits per heavy atom. The summed E-state index contributed by atoms with van der Waals surface area (Å²) in [7, 11) is -4.10. The lowest BCUT2D eigenvalue weighted by molar-refractivity contribution is -0.140. The first-order valence-electron chi connectivity index (χ1n) is 14.0. The van der Waals surface area contributed by atoms with Crippen molar-refractivity contribution >= 4 is 27.5 Å². The van der Waals surface area contributed by atoms with Crippen LogP contribution in [0.5, 0.6) is 0 Å². The highest BCUT2D eigenvalue weighted by Gasteiger charge is 2.33. The largest absolute Gasteiger partial charge is 0.350 e. The molecule has 1 atom stereocenters. The summed E-state index contributed by atoms with van der Waals surface area (Å²) in [5.41, 5.74) is 3.72. The number of nitrogens with one attached hydrogen (secondary N) is 1. The predicted octanol–water partition coefficient (Wildman–Crippen LogP) is 5.95. The van der Waals surface area contributed by atoms with E-state index in [9.17, 15) is 18.0 Å². The summed E-state index contributed by atoms with van der Waals surface area (Å²) in [6, 6.07) is 20.6. The van der Waals surface area contributed by atoms with Gasteiger partial charge in [0.25, 0.3) is 10.0 Å². The van der Waals surface area contributed by atoms with Crippen LogP contribution in [-0.2, 0) is 26.2 Å². The molecule has 220 valence electrons. The first kappa shape index (κ1) is 31.9. The van der Waals surface area contributed by atoms with Crippen LogP contribution in [-0.4, -0.2) is 43.3 Å². The lowest BCUT2D eigenvalue weighted by atomic mass is 10.0. The summed E-state index contributed by atoms with van der Waals surface area (Å²) >= 11 is 0. The van der Waals surface area contributed by atoms with Crippen LogP contribution in [0.1, 0.15) is 69.7 Å². The van der Waals surface area contributed by atoms with Gasteiger partial charge in [-0.05, 0) is 88.4 Å². The van der Waals surface area contributed by atoms with E-state index >= 15 is 0 Å². The van der Waals surface area contributed by atoms with Crippen LogP contribution < -0.4 is 9.62 Å². The van der Waals surface area contributed by atoms with E-state index in [1.54, 1.807) is 43.3 Å². The third-order valence-electron chi connectivity index (χ3n) is 7.00. The number of carbonyl (C=O) groups excluding carboxylic acids is 2. The Bertz CT molecular complexity index is 1460. The fourth-order valence-electron chi connectivity index (χ4n) is 4.42. The van der Waals surface area contributed by atoms with E-state index in [-0.39, 0.29) is 23.3 Å². The second-order valence-corrected chi connectivity index (χ2v) is 13.8. The second kappa shape index (κ2) is 12.9. The van der Waals surface area contributed by atoms with E-state index in [4.69, 9.17) is 0 Å². The Morgan fingerprint density at radius 2 is 1.44 bits per heavy atom. The Labute approximate surface area is 245 Å². The Balaban J connectivity index is 2.06. The number of carbonyl (C=O) groups is 2. The van der Waals surface area contributed by atoms with E-state index in [2.05, 4.69) is 19.2 Å². The lowest BCUT2D eigenvalue weighted by Crippen LogP contribution is -2.54. The van der Waals surface area contributed by atoms with E-state index in [1.165, 1.54) is 4.90 Å². The maximum absolute atomic E-state index is 14.1. The van der Waals surface area contributed by atoms with Gasteiger partial charge in [-0.2, -0.15) is 0 Å². The number of aryl methyl sites for hydroxylation is 2. The van der Waals surface area contributed by atoms with E-state index < -0.39 is 34.1 Å². The molecule has 1 unspecified atom stereocenters. The van der Waals surface area contributed by atoms with Gasteiger partial charge in [0.05, 0.1) is 10.6 Å². The van der Waals surface area contributed by atoms with Crippen molar-refractivity contribution in [2.75, 3.05) is 10.8 Å². The molecule has 3 aromatic carbocycles. The Kier molecular flexibility index (Phi) is 10.0. The molecule has 3 rings (SSSR count). The molecule has 0 aliphatic carbocycles. The number of amides is 2. The van der Waals surface area contributed by atoms with Gasteiger partial charge in [0.15, 0.2) is 0 Å². The molecule has 0 radical (unpaired) electrons. The Morgan fingerprint density at radius 3 is 1.98 bits per heavy atom. The predicted molar refractivity (Wildman–Crippen MR) is 165 cm³/mol. The smallest absolute Gasteiger partial charge is 0.264 e. The molecular weight excluding hydrogens is 534 g/mol. The van der Waals surface area contributed by atoms with Crippen molar-refractivity contribution in [2.24, 2.45) is 0 Å². The average molecular weight is 578 g/mol. The highest BCUT2D eigenvalue weighted by molar-refractivity contribution is 7.92. The second-order valence-electron chi connectivity index (χ2n) is 11.9. The van der Waals surface area contributed by atoms with E-state index in [0.29, 0.717) is 5.69 Å². The highest BCUT2D eigenvalue weighted by atomic mass is 32.2. The van der Waals surface area contributed by atoms with Gasteiger partial charge in [-0.15, -0.1) is 0 Å². The van der Waals surface area contributed by atoms with Crippen molar-refractivity contribution in [3.05, 3.63) is 95.1 Å². The monoisotopic (exact) mass is 577 g/mol. The molecule has 0 saturated carbocycles. The summed E-state index contributed by atoms with van der Waals surface area (Å²) in [4.78, 5) is 28.9. The van der Waals surface area contributed by atoms with Crippen molar-refractivity contribution < 1.29 is 18.0 Å². The fraction of sp³-hybridized carbons (Fsp3) is 0.394. The van der Waals surface area contributed by atoms with Gasteiger partial charge in [-0.1, -0.05) is 67.9 Å². The highest BCUT2D eigenvalue weighted by Crippen LogP contribution is 2.27. The zero-order valence-electron chi connectivity index (χ0n) is 25.4. The standard InChI is InChI=1S/C33H43N3O4S/c1-23(2)27-15-17-29(18-16-27)36(41(39,40)30-19-13-24(3)14-20-30)22-31(37)35(21-28-12-10-9-11-25(28)4)26(5)32(38)34-33(6,7)8/h9-20,23,26H,21-22H2,1-8H3,(H,34,38). The molecular formula is C33H43N3O4S. The van der Waals surface area contributed by atoms with E-state index in [0.717, 1.165) is 26.6 Å². The maximum atomic E-state index is 14.1. The molecule has 0 saturated heterocycles. The first-order chi connectivity index (χ1) is 19.1. The normalized spacial score (nSPS) is 12.6. The summed E-state index contributed by atoms with van der Waals surface area (Å²) in [5.74, 6) is -0.526. The third-order valence-corrected chi connectivity index (χ3v) is 8.79. The molecule has 3 aromatic rings. The zero-order valence-corrected chi connectivity index (χ0v) is 26.2. The SMILES string of the molecule is Cc1ccc(S(=O)(=O)N(CC(=O)N(Cc2ccccc2C)C(C)C(=O)NC(C)(C)C)c2ccc(C(C)C)cc2)cc1. The topological polar surface area (TPSA) is 86.8 Å². The minimum Gasteiger partial charge on any atom is -0.350 e. The lowest BCUT2D eigenvalue weighted by Gasteiger charge is -2.34. The maximum Gasteiger partial charge on any atom is 0.264 e. The first-order valence-corrected chi connectivity index (χ1v) is 15.4. The molecule has 41 heavy (non-hydrogen) atoms. The Hall–Kier alpha value is -3.65. The van der Waals surface area contributed by atoms with Gasteiger partial charge in [0, 0.05) is 12.1 Å². The number of rotatable bonds is 10. The molecule has 0 heterocycles. The quantitative estimate of drug-likeness (QED) is 0.322. The molecule has 1 N–H and O–H groups in total. The number of hydrogen-bond acceptors (Lipinski definition) is 4. The number of anilines is 1. The van der Waals surface area contributed by atoms with Crippen molar-refractivity contribution in [3.63, 3.8) is 0 Å². The summed E-state index contributed by atoms with van der Waals surface area (Å²) in [6.45, 7) is 15.0. The minimum atomic E-state index is -4.10. The molecule has 8 heteroatoms. The van der Waals surface area contributed by atoms with Crippen LogP contribution in [0.2, 0.25) is 0 Å². The van der Waals surface area contributed by atoms with Crippen molar-refractivity contribution in [2.45, 2.75) is 84.3 Å². The van der Waals surface area contributed by atoms with Gasteiger partial charge in [-0.25, -0.2) is 8.42 Å². The minimum absolute atomic E-state index is 0.0906. The van der Waals surface area contributed by atoms with Gasteiger partial charge >= 0.3 is 0 Å². The molecule has 7 nitrogen and oxygen atoms in total. The van der Waals surface area contributed by atoms with Gasteiger partial charge in [0.1, 0.15) is 12.6 Å². The van der Waals surface area contributed by atoms with Crippen LogP contribution >= 0.6 is 0 Å². The number of nitrogens with zero attached hydrogens (tertiary/aromatic N) is 2. The van der Waals surface area contributed by atoms with Crippen LogP contribution in [0.25, 0.3) is 0 Å². The fourth-order valence-corrected chi connectivity index (χ4v) is 5.83. The molecule has 0 aliphatic rings. The average Bonchev–Trinajstić information content (AvgIpc) is 2.90. The molecule has 0 fully saturated rings. The zero-order chi connectivity index (χ0) is 30.5. The van der Waals surface area contributed by atoms with Gasteiger partial charge in [0.2, 0.25) is 11.8 Å². The number of sulfonamides is 1. The number of benzene rings is 3. The summed E-state index contributed by atoms with van der Waals surface area (Å²) in [6.07, 6.45) is 0. The van der Waals surface area contributed by atoms with Crippen LogP contribution in [0.3, 0.4) is 0 Å². The van der Waals surface area contributed by atoms with Crippen molar-refractivity contribution in [1.29, 1.82) is 0 Å². The van der Waals surface area contributed by atoms with Gasteiger partial charge in [-0.3, -0.25) is 13.9 Å². The van der Waals surface area contributed by atoms with Crippen molar-refractivity contribution in [1.82, 2.24) is 10.2 Å². The van der Waals surface area contributed by atoms with Crippen LogP contribution in [0.4, 0.5) is 5.69 Å². The molecule has 0 aromatic heterocycles.